The van der Waals surface area contributed by atoms with Crippen LogP contribution in [0.15, 0.2) is 64.5 Å². The van der Waals surface area contributed by atoms with Gasteiger partial charge in [-0.05, 0) is 51.8 Å². The lowest BCUT2D eigenvalue weighted by Crippen LogP contribution is -2.21. The molecule has 0 fully saturated rings. The molecule has 3 aromatic rings. The third kappa shape index (κ3) is 4.06. The summed E-state index contributed by atoms with van der Waals surface area (Å²) in [6.45, 7) is 0.403. The molecule has 2 N–H and O–H groups in total. The highest BCUT2D eigenvalue weighted by Crippen LogP contribution is 2.48. The van der Waals surface area contributed by atoms with Crippen LogP contribution in [0.5, 0.6) is 23.0 Å². The first-order chi connectivity index (χ1) is 15.9. The van der Waals surface area contributed by atoms with Crippen LogP contribution < -0.4 is 24.7 Å². The van der Waals surface area contributed by atoms with E-state index in [1.54, 1.807) is 18.2 Å². The molecule has 0 spiro atoms. The molecule has 3 aromatic carbocycles. The predicted octanol–water partition coefficient (Wildman–Crippen LogP) is 6.28. The molecule has 0 aliphatic carbocycles. The average Bonchev–Trinajstić information content (AvgIpc) is 3.24. The fraction of sp³-hybridized carbons (Fsp3) is 0.125. The van der Waals surface area contributed by atoms with Crippen molar-refractivity contribution in [1.29, 1.82) is 5.26 Å². The largest absolute Gasteiger partial charge is 0.488 e. The summed E-state index contributed by atoms with van der Waals surface area (Å²) < 4.78 is 23.3. The van der Waals surface area contributed by atoms with Gasteiger partial charge in [-0.3, -0.25) is 0 Å². The molecule has 2 heterocycles. The third-order valence-electron chi connectivity index (χ3n) is 5.40. The Hall–Kier alpha value is -3.05. The van der Waals surface area contributed by atoms with Crippen LogP contribution in [0, 0.1) is 11.3 Å². The molecule has 0 bridgehead atoms. The van der Waals surface area contributed by atoms with E-state index >= 15 is 0 Å². The Bertz CT molecular complexity index is 1350. The molecule has 0 aromatic heterocycles. The summed E-state index contributed by atoms with van der Waals surface area (Å²) in [7, 11) is 0. The summed E-state index contributed by atoms with van der Waals surface area (Å²) in [5, 5.41) is 10.9. The molecule has 0 amide bonds. The van der Waals surface area contributed by atoms with E-state index in [4.69, 9.17) is 47.9 Å². The molecule has 9 heteroatoms. The molecular formula is C24H15BrCl2N2O4. The Kier molecular flexibility index (Phi) is 5.75. The highest BCUT2D eigenvalue weighted by Gasteiger charge is 2.33. The third-order valence-corrected chi connectivity index (χ3v) is 6.60. The maximum atomic E-state index is 9.81. The number of allylic oxidation sites excluding steroid dienone is 1. The number of hydrogen-bond donors (Lipinski definition) is 1. The SMILES string of the molecule is N#CC1=C(N)Oc2cc3c(cc2[C@H]1c1ccc(OCc2ccc(Cl)cc2Cl)c(Br)c1)OCO3. The number of fused-ring (bicyclic) bond motifs is 2. The van der Waals surface area contributed by atoms with E-state index in [2.05, 4.69) is 22.0 Å². The summed E-state index contributed by atoms with van der Waals surface area (Å²) in [6.07, 6.45) is 0. The maximum absolute atomic E-state index is 9.81. The summed E-state index contributed by atoms with van der Waals surface area (Å²) in [5.41, 5.74) is 8.81. The van der Waals surface area contributed by atoms with Gasteiger partial charge in [-0.1, -0.05) is 35.3 Å². The van der Waals surface area contributed by atoms with Crippen molar-refractivity contribution in [2.75, 3.05) is 6.79 Å². The first kappa shape index (κ1) is 21.8. The average molecular weight is 546 g/mol. The highest BCUT2D eigenvalue weighted by atomic mass is 79.9. The molecule has 0 saturated carbocycles. The smallest absolute Gasteiger partial charge is 0.231 e. The number of nitriles is 1. The molecule has 33 heavy (non-hydrogen) atoms. The Morgan fingerprint density at radius 1 is 1.06 bits per heavy atom. The Labute approximate surface area is 208 Å². The molecule has 0 saturated heterocycles. The van der Waals surface area contributed by atoms with Gasteiger partial charge in [-0.2, -0.15) is 5.26 Å². The van der Waals surface area contributed by atoms with Gasteiger partial charge in [0, 0.05) is 27.2 Å². The van der Waals surface area contributed by atoms with Crippen molar-refractivity contribution in [3.8, 4) is 29.1 Å². The van der Waals surface area contributed by atoms with Crippen molar-refractivity contribution >= 4 is 39.1 Å². The minimum atomic E-state index is -0.440. The lowest BCUT2D eigenvalue weighted by atomic mass is 9.83. The lowest BCUT2D eigenvalue weighted by Gasteiger charge is -2.27. The molecule has 6 nitrogen and oxygen atoms in total. The minimum absolute atomic E-state index is 0.0581. The van der Waals surface area contributed by atoms with Crippen LogP contribution in [-0.4, -0.2) is 6.79 Å². The molecule has 5 rings (SSSR count). The van der Waals surface area contributed by atoms with Crippen LogP contribution >= 0.6 is 39.1 Å². The van der Waals surface area contributed by atoms with Crippen molar-refractivity contribution in [3.05, 3.63) is 91.2 Å². The highest BCUT2D eigenvalue weighted by molar-refractivity contribution is 9.10. The molecular weight excluding hydrogens is 531 g/mol. The zero-order valence-corrected chi connectivity index (χ0v) is 20.0. The van der Waals surface area contributed by atoms with Crippen LogP contribution in [0.3, 0.4) is 0 Å². The zero-order chi connectivity index (χ0) is 23.1. The Morgan fingerprint density at radius 3 is 2.58 bits per heavy atom. The quantitative estimate of drug-likeness (QED) is 0.415. The fourth-order valence-electron chi connectivity index (χ4n) is 3.80. The number of rotatable bonds is 4. The van der Waals surface area contributed by atoms with Gasteiger partial charge in [0.25, 0.3) is 0 Å². The number of benzene rings is 3. The van der Waals surface area contributed by atoms with E-state index in [0.29, 0.717) is 38.6 Å². The van der Waals surface area contributed by atoms with Gasteiger partial charge in [-0.25, -0.2) is 0 Å². The van der Waals surface area contributed by atoms with E-state index in [0.717, 1.165) is 21.2 Å². The minimum Gasteiger partial charge on any atom is -0.488 e. The summed E-state index contributed by atoms with van der Waals surface area (Å²) >= 11 is 15.8. The van der Waals surface area contributed by atoms with Gasteiger partial charge in [0.05, 0.1) is 10.4 Å². The first-order valence-corrected chi connectivity index (χ1v) is 11.4. The molecule has 2 aliphatic heterocycles. The van der Waals surface area contributed by atoms with Crippen LogP contribution in [0.2, 0.25) is 10.0 Å². The maximum Gasteiger partial charge on any atom is 0.231 e. The lowest BCUT2D eigenvalue weighted by molar-refractivity contribution is 0.174. The second-order valence-electron chi connectivity index (χ2n) is 7.38. The number of ether oxygens (including phenoxy) is 4. The van der Waals surface area contributed by atoms with E-state index in [-0.39, 0.29) is 19.3 Å². The van der Waals surface area contributed by atoms with Crippen molar-refractivity contribution < 1.29 is 18.9 Å². The molecule has 2 aliphatic rings. The van der Waals surface area contributed by atoms with E-state index in [1.807, 2.05) is 30.3 Å². The first-order valence-electron chi connectivity index (χ1n) is 9.82. The molecule has 166 valence electrons. The van der Waals surface area contributed by atoms with Crippen LogP contribution in [-0.2, 0) is 6.61 Å². The summed E-state index contributed by atoms with van der Waals surface area (Å²) in [5.74, 6) is 1.94. The molecule has 1 atom stereocenters. The van der Waals surface area contributed by atoms with Crippen LogP contribution in [0.1, 0.15) is 22.6 Å². The molecule has 0 unspecified atom stereocenters. The summed E-state index contributed by atoms with van der Waals surface area (Å²) in [4.78, 5) is 0. The predicted molar refractivity (Wildman–Crippen MR) is 127 cm³/mol. The van der Waals surface area contributed by atoms with E-state index in [9.17, 15) is 5.26 Å². The van der Waals surface area contributed by atoms with Gasteiger partial charge >= 0.3 is 0 Å². The van der Waals surface area contributed by atoms with Crippen LogP contribution in [0.4, 0.5) is 0 Å². The van der Waals surface area contributed by atoms with Crippen molar-refractivity contribution in [3.63, 3.8) is 0 Å². The standard InChI is InChI=1S/C24H15BrCl2N2O4/c25-17-5-12(2-4-19(17)30-10-13-1-3-14(26)6-18(13)27)23-15-7-21-22(32-11-31-21)8-20(15)33-24(29)16(23)9-28/h1-8,23H,10-11,29H2/t23-/m1/s1. The van der Waals surface area contributed by atoms with Crippen molar-refractivity contribution in [1.82, 2.24) is 0 Å². The number of nitrogens with two attached hydrogens (primary N) is 1. The van der Waals surface area contributed by atoms with Crippen molar-refractivity contribution in [2.24, 2.45) is 5.73 Å². The second kappa shape index (κ2) is 8.71. The van der Waals surface area contributed by atoms with Crippen LogP contribution in [0.25, 0.3) is 0 Å². The number of hydrogen-bond acceptors (Lipinski definition) is 6. The van der Waals surface area contributed by atoms with Gasteiger partial charge < -0.3 is 24.7 Å². The zero-order valence-electron chi connectivity index (χ0n) is 16.9. The van der Waals surface area contributed by atoms with E-state index in [1.165, 1.54) is 0 Å². The van der Waals surface area contributed by atoms with Gasteiger partial charge in [0.15, 0.2) is 11.5 Å². The Morgan fingerprint density at radius 2 is 1.85 bits per heavy atom. The fourth-order valence-corrected chi connectivity index (χ4v) is 4.77. The number of halogens is 3. The summed E-state index contributed by atoms with van der Waals surface area (Å²) in [6, 6.07) is 16.6. The normalized spacial score (nSPS) is 16.1. The molecule has 0 radical (unpaired) electrons. The Balaban J connectivity index is 1.48. The van der Waals surface area contributed by atoms with Crippen molar-refractivity contribution in [2.45, 2.75) is 12.5 Å². The topological polar surface area (TPSA) is 86.7 Å². The van der Waals surface area contributed by atoms with Gasteiger partial charge in [0.2, 0.25) is 12.7 Å². The monoisotopic (exact) mass is 544 g/mol. The second-order valence-corrected chi connectivity index (χ2v) is 9.08. The van der Waals surface area contributed by atoms with E-state index < -0.39 is 5.92 Å². The van der Waals surface area contributed by atoms with Gasteiger partial charge in [-0.15, -0.1) is 0 Å². The van der Waals surface area contributed by atoms with Gasteiger partial charge in [0.1, 0.15) is 29.7 Å². The number of nitrogens with zero attached hydrogens (tertiary/aromatic N) is 1.